The van der Waals surface area contributed by atoms with Crippen molar-refractivity contribution in [2.75, 3.05) is 6.61 Å². The van der Waals surface area contributed by atoms with Crippen molar-refractivity contribution >= 4 is 40.4 Å². The van der Waals surface area contributed by atoms with Gasteiger partial charge in [0, 0.05) is 42.3 Å². The smallest absolute Gasteiger partial charge is 0.303 e. The minimum Gasteiger partial charge on any atom is -0.463 e. The number of fused-ring (bicyclic) bond motifs is 1. The Labute approximate surface area is 187 Å². The number of aromatic nitrogens is 1. The lowest BCUT2D eigenvalue weighted by atomic mass is 9.95. The summed E-state index contributed by atoms with van der Waals surface area (Å²) in [5.74, 6) is -1.90. The van der Waals surface area contributed by atoms with E-state index in [9.17, 15) is 19.9 Å². The van der Waals surface area contributed by atoms with Gasteiger partial charge in [-0.05, 0) is 29.8 Å². The molecule has 1 aliphatic heterocycles. The lowest BCUT2D eigenvalue weighted by Crippen LogP contribution is -2.58. The fourth-order valence-corrected chi connectivity index (χ4v) is 3.85. The minimum atomic E-state index is -1.17. The molecule has 170 valence electrons. The summed E-state index contributed by atoms with van der Waals surface area (Å²) in [5, 5.41) is 5.08. The van der Waals surface area contributed by atoms with E-state index < -0.39 is 48.5 Å². The van der Waals surface area contributed by atoms with Crippen LogP contribution in [-0.2, 0) is 33.3 Å². The van der Waals surface area contributed by atoms with Crippen LogP contribution in [0.4, 0.5) is 0 Å². The first-order valence-corrected chi connectivity index (χ1v) is 10.0. The van der Waals surface area contributed by atoms with E-state index in [0.717, 1.165) is 5.39 Å². The van der Waals surface area contributed by atoms with Crippen LogP contribution in [0.25, 0.3) is 21.3 Å². The number of esters is 3. The number of hydrogen-bond donors (Lipinski definition) is 0. The Bertz CT molecular complexity index is 1080. The van der Waals surface area contributed by atoms with Gasteiger partial charge in [-0.15, -0.1) is 0 Å². The van der Waals surface area contributed by atoms with E-state index in [1.54, 1.807) is 35.0 Å². The number of hydrogen-bond acceptors (Lipinski definition) is 8. The Morgan fingerprint density at radius 3 is 2.44 bits per heavy atom. The summed E-state index contributed by atoms with van der Waals surface area (Å²) < 4.78 is 23.7. The lowest BCUT2D eigenvalue weighted by molar-refractivity contribution is -0.233. The summed E-state index contributed by atoms with van der Waals surface area (Å²) in [7, 11) is 0. The first-order valence-electron chi connectivity index (χ1n) is 9.65. The average Bonchev–Trinajstić information content (AvgIpc) is 3.11. The fourth-order valence-electron chi connectivity index (χ4n) is 3.67. The number of carbonyl (C=O) groups excluding carboxylic acids is 3. The van der Waals surface area contributed by atoms with Crippen LogP contribution < -0.4 is 0 Å². The molecule has 0 aliphatic carbocycles. The highest BCUT2D eigenvalue weighted by Gasteiger charge is 2.50. The third-order valence-corrected chi connectivity index (χ3v) is 5.07. The number of halogens is 1. The van der Waals surface area contributed by atoms with Crippen molar-refractivity contribution in [3.63, 3.8) is 0 Å². The molecule has 1 aromatic carbocycles. The van der Waals surface area contributed by atoms with Gasteiger partial charge in [0.2, 0.25) is 0 Å². The topological polar surface area (TPSA) is 142 Å². The van der Waals surface area contributed by atoms with E-state index in [1.807, 2.05) is 0 Å². The van der Waals surface area contributed by atoms with Gasteiger partial charge >= 0.3 is 17.9 Å². The number of ether oxygens (including phenoxy) is 4. The second-order valence-electron chi connectivity index (χ2n) is 7.14. The van der Waals surface area contributed by atoms with E-state index in [-0.39, 0.29) is 6.61 Å². The lowest BCUT2D eigenvalue weighted by Gasteiger charge is -2.44. The second-order valence-corrected chi connectivity index (χ2v) is 7.57. The van der Waals surface area contributed by atoms with Crippen molar-refractivity contribution in [3.8, 4) is 0 Å². The number of azide groups is 1. The molecular formula is C20H21ClN4O7. The monoisotopic (exact) mass is 464 g/mol. The zero-order valence-electron chi connectivity index (χ0n) is 17.5. The molecule has 1 aromatic heterocycles. The molecule has 5 atom stereocenters. The van der Waals surface area contributed by atoms with E-state index in [4.69, 9.17) is 30.5 Å². The molecule has 0 bridgehead atoms. The van der Waals surface area contributed by atoms with Gasteiger partial charge in [0.05, 0.1) is 5.52 Å². The van der Waals surface area contributed by atoms with Crippen LogP contribution >= 0.6 is 11.6 Å². The predicted molar refractivity (Wildman–Crippen MR) is 112 cm³/mol. The fraction of sp³-hybridized carbons (Fsp3) is 0.450. The molecule has 1 fully saturated rings. The molecule has 2 heterocycles. The quantitative estimate of drug-likeness (QED) is 0.210. The number of benzene rings is 1. The Balaban J connectivity index is 2.11. The molecule has 3 rings (SSSR count). The summed E-state index contributed by atoms with van der Waals surface area (Å²) in [4.78, 5) is 37.9. The average molecular weight is 465 g/mol. The largest absolute Gasteiger partial charge is 0.463 e. The van der Waals surface area contributed by atoms with Crippen molar-refractivity contribution in [1.29, 1.82) is 0 Å². The van der Waals surface area contributed by atoms with Crippen molar-refractivity contribution < 1.29 is 33.3 Å². The third kappa shape index (κ3) is 5.13. The molecule has 0 spiro atoms. The number of rotatable bonds is 6. The molecule has 1 aliphatic rings. The van der Waals surface area contributed by atoms with Crippen LogP contribution in [-0.4, -0.2) is 53.4 Å². The molecule has 0 radical (unpaired) electrons. The van der Waals surface area contributed by atoms with E-state index in [2.05, 4.69) is 10.0 Å². The van der Waals surface area contributed by atoms with Crippen LogP contribution in [0.15, 0.2) is 35.6 Å². The molecule has 0 amide bonds. The Hall–Kier alpha value is -3.27. The molecular weight excluding hydrogens is 444 g/mol. The van der Waals surface area contributed by atoms with E-state index in [1.165, 1.54) is 20.8 Å². The molecule has 1 saturated heterocycles. The van der Waals surface area contributed by atoms with Gasteiger partial charge in [-0.3, -0.25) is 14.4 Å². The van der Waals surface area contributed by atoms with Crippen LogP contribution in [0.2, 0.25) is 5.02 Å². The molecule has 32 heavy (non-hydrogen) atoms. The Kier molecular flexibility index (Phi) is 7.24. The summed E-state index contributed by atoms with van der Waals surface area (Å²) >= 11 is 6.08. The third-order valence-electron chi connectivity index (χ3n) is 4.83. The maximum absolute atomic E-state index is 11.9. The molecule has 0 saturated carbocycles. The predicted octanol–water partition coefficient (Wildman–Crippen LogP) is 3.30. The van der Waals surface area contributed by atoms with Crippen LogP contribution in [0.5, 0.6) is 0 Å². The van der Waals surface area contributed by atoms with Gasteiger partial charge in [0.25, 0.3) is 0 Å². The molecule has 12 heteroatoms. The SMILES string of the molecule is CC(=O)OC[C@H]1O[C@@H](n2ccc3cc(Cl)ccc32)[C@H](OC(C)=O)[C@@H](N=[N+]=[N-])[C@H]1OC(C)=O. The molecule has 2 aromatic rings. The highest BCUT2D eigenvalue weighted by molar-refractivity contribution is 6.31. The minimum absolute atomic E-state index is 0.279. The Morgan fingerprint density at radius 1 is 1.12 bits per heavy atom. The van der Waals surface area contributed by atoms with Gasteiger partial charge in [-0.25, -0.2) is 0 Å². The van der Waals surface area contributed by atoms with Gasteiger partial charge in [-0.1, -0.05) is 16.7 Å². The van der Waals surface area contributed by atoms with Gasteiger partial charge < -0.3 is 23.5 Å². The molecule has 0 N–H and O–H groups in total. The standard InChI is InChI=1S/C20H21ClN4O7/c1-10(26)29-9-16-18(30-11(2)27)17(23-24-22)19(31-12(3)28)20(32-16)25-7-6-13-8-14(21)4-5-15(13)25/h4-8,16-20H,9H2,1-3H3/t16-,17+,18+,19-,20-/m1/s1. The highest BCUT2D eigenvalue weighted by Crippen LogP contribution is 2.37. The van der Waals surface area contributed by atoms with Crippen molar-refractivity contribution in [3.05, 3.63) is 45.9 Å². The first kappa shape index (κ1) is 23.4. The zero-order chi connectivity index (χ0) is 23.4. The maximum atomic E-state index is 11.9. The maximum Gasteiger partial charge on any atom is 0.303 e. The highest BCUT2D eigenvalue weighted by atomic mass is 35.5. The van der Waals surface area contributed by atoms with Crippen molar-refractivity contribution in [2.24, 2.45) is 5.11 Å². The van der Waals surface area contributed by atoms with Crippen LogP contribution in [0.3, 0.4) is 0 Å². The second kappa shape index (κ2) is 9.90. The molecule has 11 nitrogen and oxygen atoms in total. The zero-order valence-corrected chi connectivity index (χ0v) is 18.3. The van der Waals surface area contributed by atoms with Crippen molar-refractivity contribution in [1.82, 2.24) is 4.57 Å². The summed E-state index contributed by atoms with van der Waals surface area (Å²) in [5.41, 5.74) is 9.88. The van der Waals surface area contributed by atoms with E-state index >= 15 is 0 Å². The van der Waals surface area contributed by atoms with E-state index in [0.29, 0.717) is 10.5 Å². The van der Waals surface area contributed by atoms with Crippen LogP contribution in [0, 0.1) is 0 Å². The van der Waals surface area contributed by atoms with Gasteiger partial charge in [0.1, 0.15) is 24.9 Å². The van der Waals surface area contributed by atoms with Gasteiger partial charge in [-0.2, -0.15) is 0 Å². The van der Waals surface area contributed by atoms with Crippen LogP contribution in [0.1, 0.15) is 27.0 Å². The Morgan fingerprint density at radius 2 is 1.81 bits per heavy atom. The summed E-state index contributed by atoms with van der Waals surface area (Å²) in [6.07, 6.45) is -2.60. The number of carbonyl (C=O) groups is 3. The van der Waals surface area contributed by atoms with Gasteiger partial charge in [0.15, 0.2) is 12.3 Å². The first-order chi connectivity index (χ1) is 15.2. The van der Waals surface area contributed by atoms with Crippen molar-refractivity contribution in [2.45, 2.75) is 51.4 Å². The summed E-state index contributed by atoms with van der Waals surface area (Å²) in [6, 6.07) is 5.83. The molecule has 0 unspecified atom stereocenters. The number of nitrogens with zero attached hydrogens (tertiary/aromatic N) is 4. The normalized spacial score (nSPS) is 24.9. The summed E-state index contributed by atoms with van der Waals surface area (Å²) in [6.45, 7) is 3.31.